The van der Waals surface area contributed by atoms with E-state index in [2.05, 4.69) is 0 Å². The van der Waals surface area contributed by atoms with Crippen LogP contribution in [0.3, 0.4) is 0 Å². The van der Waals surface area contributed by atoms with Gasteiger partial charge in [-0.3, -0.25) is 9.59 Å². The normalized spacial score (nSPS) is 33.0. The molecule has 0 saturated carbocycles. The van der Waals surface area contributed by atoms with Gasteiger partial charge in [0.1, 0.15) is 5.78 Å². The van der Waals surface area contributed by atoms with E-state index in [4.69, 9.17) is 5.11 Å². The van der Waals surface area contributed by atoms with Crippen LogP contribution in [0.1, 0.15) is 33.1 Å². The van der Waals surface area contributed by atoms with Crippen LogP contribution in [0.15, 0.2) is 0 Å². The molecule has 0 aromatic carbocycles. The van der Waals surface area contributed by atoms with Gasteiger partial charge >= 0.3 is 5.97 Å². The van der Waals surface area contributed by atoms with Crippen molar-refractivity contribution in [2.45, 2.75) is 38.4 Å². The maximum Gasteiger partial charge on any atom is 0.303 e. The molecule has 1 aliphatic heterocycles. The molecule has 0 aromatic rings. The molecule has 1 fully saturated rings. The minimum absolute atomic E-state index is 0.0944. The lowest BCUT2D eigenvalue weighted by Crippen LogP contribution is -2.37. The van der Waals surface area contributed by atoms with E-state index in [-0.39, 0.29) is 12.2 Å². The minimum Gasteiger partial charge on any atom is -0.481 e. The van der Waals surface area contributed by atoms with E-state index in [0.29, 0.717) is 18.1 Å². The van der Waals surface area contributed by atoms with Crippen molar-refractivity contribution >= 4 is 23.5 Å². The predicted octanol–water partition coefficient (Wildman–Crippen LogP) is 1.95. The summed E-state index contributed by atoms with van der Waals surface area (Å²) >= 11 is 1.77. The Labute approximate surface area is 88.3 Å². The van der Waals surface area contributed by atoms with Gasteiger partial charge in [0.2, 0.25) is 0 Å². The molecule has 80 valence electrons. The first-order valence-corrected chi connectivity index (χ1v) is 5.85. The molecule has 0 bridgehead atoms. The van der Waals surface area contributed by atoms with Gasteiger partial charge < -0.3 is 5.11 Å². The van der Waals surface area contributed by atoms with E-state index >= 15 is 0 Å². The van der Waals surface area contributed by atoms with Crippen molar-refractivity contribution in [3.05, 3.63) is 0 Å². The summed E-state index contributed by atoms with van der Waals surface area (Å²) in [6.07, 6.45) is 1.15. The first kappa shape index (κ1) is 11.6. The Kier molecular flexibility index (Phi) is 3.59. The molecule has 1 heterocycles. The number of carbonyl (C=O) groups excluding carboxylic acids is 1. The first-order chi connectivity index (χ1) is 6.44. The van der Waals surface area contributed by atoms with Crippen molar-refractivity contribution in [3.8, 4) is 0 Å². The molecule has 0 spiro atoms. The predicted molar refractivity (Wildman–Crippen MR) is 56.5 cm³/mol. The van der Waals surface area contributed by atoms with E-state index in [9.17, 15) is 9.59 Å². The van der Waals surface area contributed by atoms with Gasteiger partial charge in [0.05, 0.1) is 0 Å². The molecule has 0 aromatic heterocycles. The lowest BCUT2D eigenvalue weighted by molar-refractivity contribution is -0.138. The standard InChI is InChI=1S/C10H16O3S/c1-7-5-8(11)10(2,6-14-7)4-3-9(12)13/h7H,3-6H2,1-2H3,(H,12,13). The maximum absolute atomic E-state index is 11.7. The SMILES string of the molecule is CC1CC(=O)C(C)(CCC(=O)O)CS1. The van der Waals surface area contributed by atoms with E-state index in [1.54, 1.807) is 11.8 Å². The zero-order chi connectivity index (χ0) is 10.8. The molecule has 1 saturated heterocycles. The summed E-state index contributed by atoms with van der Waals surface area (Å²) < 4.78 is 0. The molecule has 14 heavy (non-hydrogen) atoms. The third kappa shape index (κ3) is 2.74. The van der Waals surface area contributed by atoms with Gasteiger partial charge in [-0.2, -0.15) is 11.8 Å². The average molecular weight is 216 g/mol. The van der Waals surface area contributed by atoms with E-state index in [0.717, 1.165) is 5.75 Å². The molecule has 1 aliphatic rings. The summed E-state index contributed by atoms with van der Waals surface area (Å²) in [5.41, 5.74) is -0.407. The third-order valence-electron chi connectivity index (χ3n) is 2.72. The zero-order valence-electron chi connectivity index (χ0n) is 8.58. The van der Waals surface area contributed by atoms with Crippen molar-refractivity contribution < 1.29 is 14.7 Å². The second kappa shape index (κ2) is 4.34. The Bertz CT molecular complexity index is 252. The van der Waals surface area contributed by atoms with E-state index < -0.39 is 11.4 Å². The third-order valence-corrected chi connectivity index (χ3v) is 4.26. The first-order valence-electron chi connectivity index (χ1n) is 4.81. The highest BCUT2D eigenvalue weighted by atomic mass is 32.2. The smallest absolute Gasteiger partial charge is 0.303 e. The van der Waals surface area contributed by atoms with Crippen molar-refractivity contribution in [3.63, 3.8) is 0 Å². The second-order valence-electron chi connectivity index (χ2n) is 4.20. The summed E-state index contributed by atoms with van der Waals surface area (Å²) in [5, 5.41) is 8.97. The molecule has 0 aliphatic carbocycles. The topological polar surface area (TPSA) is 54.4 Å². The largest absolute Gasteiger partial charge is 0.481 e. The van der Waals surface area contributed by atoms with Crippen molar-refractivity contribution in [1.82, 2.24) is 0 Å². The Balaban J connectivity index is 2.55. The van der Waals surface area contributed by atoms with Crippen LogP contribution >= 0.6 is 11.8 Å². The van der Waals surface area contributed by atoms with Gasteiger partial charge in [-0.25, -0.2) is 0 Å². The number of aliphatic carboxylic acids is 1. The molecule has 1 N–H and O–H groups in total. The fourth-order valence-electron chi connectivity index (χ4n) is 1.57. The fourth-order valence-corrected chi connectivity index (χ4v) is 2.79. The van der Waals surface area contributed by atoms with E-state index in [1.165, 1.54) is 0 Å². The minimum atomic E-state index is -0.817. The maximum atomic E-state index is 11.7. The molecule has 0 radical (unpaired) electrons. The van der Waals surface area contributed by atoms with Crippen LogP contribution in [0.5, 0.6) is 0 Å². The Morgan fingerprint density at radius 3 is 2.86 bits per heavy atom. The van der Waals surface area contributed by atoms with Crippen LogP contribution in [0, 0.1) is 5.41 Å². The molecule has 2 atom stereocenters. The van der Waals surface area contributed by atoms with Crippen LogP contribution in [0.2, 0.25) is 0 Å². The van der Waals surface area contributed by atoms with Gasteiger partial charge in [-0.1, -0.05) is 13.8 Å². The van der Waals surface area contributed by atoms with Crippen LogP contribution in [-0.2, 0) is 9.59 Å². The number of Topliss-reactive ketones (excluding diaryl/α,β-unsaturated/α-hetero) is 1. The number of thioether (sulfide) groups is 1. The van der Waals surface area contributed by atoms with Gasteiger partial charge in [0.25, 0.3) is 0 Å². The molecule has 0 amide bonds. The van der Waals surface area contributed by atoms with Gasteiger partial charge in [-0.15, -0.1) is 0 Å². The summed E-state index contributed by atoms with van der Waals surface area (Å²) in [7, 11) is 0. The average Bonchev–Trinajstić information content (AvgIpc) is 2.09. The zero-order valence-corrected chi connectivity index (χ0v) is 9.39. The number of carboxylic acids is 1. The van der Waals surface area contributed by atoms with Crippen molar-refractivity contribution in [1.29, 1.82) is 0 Å². The molecule has 4 heteroatoms. The summed E-state index contributed by atoms with van der Waals surface area (Å²) in [6.45, 7) is 3.93. The quantitative estimate of drug-likeness (QED) is 0.783. The van der Waals surface area contributed by atoms with Crippen LogP contribution in [0.25, 0.3) is 0 Å². The van der Waals surface area contributed by atoms with Crippen molar-refractivity contribution in [2.75, 3.05) is 5.75 Å². The fraction of sp³-hybridized carbons (Fsp3) is 0.800. The highest BCUT2D eigenvalue weighted by Gasteiger charge is 2.37. The monoisotopic (exact) mass is 216 g/mol. The van der Waals surface area contributed by atoms with Crippen LogP contribution in [0.4, 0.5) is 0 Å². The van der Waals surface area contributed by atoms with E-state index in [1.807, 2.05) is 13.8 Å². The van der Waals surface area contributed by atoms with Gasteiger partial charge in [0, 0.05) is 29.3 Å². The molecule has 1 rings (SSSR count). The summed E-state index contributed by atoms with van der Waals surface area (Å²) in [6, 6.07) is 0. The molecule has 2 unspecified atom stereocenters. The van der Waals surface area contributed by atoms with Crippen LogP contribution in [-0.4, -0.2) is 27.9 Å². The highest BCUT2D eigenvalue weighted by molar-refractivity contribution is 8.00. The Morgan fingerprint density at radius 2 is 2.36 bits per heavy atom. The Morgan fingerprint density at radius 1 is 1.71 bits per heavy atom. The molecule has 3 nitrogen and oxygen atoms in total. The van der Waals surface area contributed by atoms with Crippen molar-refractivity contribution in [2.24, 2.45) is 5.41 Å². The lowest BCUT2D eigenvalue weighted by atomic mass is 9.81. The lowest BCUT2D eigenvalue weighted by Gasteiger charge is -2.33. The molecular formula is C10H16O3S. The number of carboxylic acid groups (broad SMARTS) is 1. The Hall–Kier alpha value is -0.510. The molecular weight excluding hydrogens is 200 g/mol. The van der Waals surface area contributed by atoms with Gasteiger partial charge in [0.15, 0.2) is 0 Å². The highest BCUT2D eigenvalue weighted by Crippen LogP contribution is 2.38. The number of ketones is 1. The summed E-state index contributed by atoms with van der Waals surface area (Å²) in [4.78, 5) is 22.2. The summed E-state index contributed by atoms with van der Waals surface area (Å²) in [5.74, 6) is 0.174. The van der Waals surface area contributed by atoms with Crippen LogP contribution < -0.4 is 0 Å². The number of hydrogen-bond acceptors (Lipinski definition) is 3. The second-order valence-corrected chi connectivity index (χ2v) is 5.63. The van der Waals surface area contributed by atoms with Gasteiger partial charge in [-0.05, 0) is 6.42 Å². The number of carbonyl (C=O) groups is 2. The number of hydrogen-bond donors (Lipinski definition) is 1. The number of rotatable bonds is 3.